The first-order valence-electron chi connectivity index (χ1n) is 12.4. The summed E-state index contributed by atoms with van der Waals surface area (Å²) in [5.74, 6) is 0.689. The van der Waals surface area contributed by atoms with E-state index in [0.717, 1.165) is 12.4 Å². The Morgan fingerprint density at radius 1 is 0.622 bits per heavy atom. The summed E-state index contributed by atoms with van der Waals surface area (Å²) in [6.45, 7) is 2.93. The average molecular weight is 637 g/mol. The second-order valence-electron chi connectivity index (χ2n) is 8.67. The minimum atomic E-state index is -4.72. The van der Waals surface area contributed by atoms with E-state index in [-0.39, 0.29) is 28.6 Å². The number of rotatable bonds is 8. The van der Waals surface area contributed by atoms with Gasteiger partial charge in [0.2, 0.25) is 0 Å². The van der Waals surface area contributed by atoms with Crippen molar-refractivity contribution in [1.29, 1.82) is 0 Å². The summed E-state index contributed by atoms with van der Waals surface area (Å²) in [5, 5.41) is 17.0. The van der Waals surface area contributed by atoms with E-state index in [0.29, 0.717) is 42.2 Å². The van der Waals surface area contributed by atoms with Crippen LogP contribution in [0.15, 0.2) is 84.9 Å². The third-order valence-corrected chi connectivity index (χ3v) is 5.21. The molecule has 0 spiro atoms. The summed E-state index contributed by atoms with van der Waals surface area (Å²) in [6, 6.07) is 20.1. The summed E-state index contributed by atoms with van der Waals surface area (Å²) in [6.07, 6.45) is -8.00. The molecule has 0 aromatic heterocycles. The summed E-state index contributed by atoms with van der Waals surface area (Å²) < 4.78 is 89.8. The van der Waals surface area contributed by atoms with Gasteiger partial charge in [-0.3, -0.25) is 9.59 Å². The first-order valence-corrected chi connectivity index (χ1v) is 12.4. The van der Waals surface area contributed by atoms with Crippen molar-refractivity contribution in [3.63, 3.8) is 0 Å². The van der Waals surface area contributed by atoms with E-state index in [1.165, 1.54) is 56.3 Å². The van der Waals surface area contributed by atoms with Gasteiger partial charge in [0.1, 0.15) is 47.1 Å². The molecule has 0 heterocycles. The van der Waals surface area contributed by atoms with Gasteiger partial charge in [0.25, 0.3) is 0 Å². The maximum absolute atomic E-state index is 12.2. The van der Waals surface area contributed by atoms with Gasteiger partial charge >= 0.3 is 20.4 Å². The minimum absolute atomic E-state index is 0.181. The van der Waals surface area contributed by atoms with Crippen molar-refractivity contribution >= 4 is 20.3 Å². The van der Waals surface area contributed by atoms with Gasteiger partial charge in [0, 0.05) is 11.1 Å². The minimum Gasteiger partial charge on any atom is -0.537 e. The van der Waals surface area contributed by atoms with Gasteiger partial charge in [-0.2, -0.15) is 0 Å². The molecular weight excluding hydrogens is 613 g/mol. The lowest BCUT2D eigenvalue weighted by Gasteiger charge is -2.13. The number of aromatic hydroxyl groups is 1. The SMILES string of the molecule is Cc1cc(O[B]O)ccc1OC(F)(F)F.Cc1cc(Oc2ccc(C=O)cc2)ccc1OC(F)(F)F.O=Cc1ccc(O)cc1. The fraction of sp³-hybridized carbons (Fsp3) is 0.133. The second kappa shape index (κ2) is 16.6. The average Bonchev–Trinajstić information content (AvgIpc) is 2.96. The zero-order chi connectivity index (χ0) is 33.6. The Bertz CT molecular complexity index is 1530. The number of benzene rings is 4. The smallest absolute Gasteiger partial charge is 0.537 e. The molecule has 8 nitrogen and oxygen atoms in total. The molecular formula is C30H24BF6O8. The maximum Gasteiger partial charge on any atom is 0.573 e. The number of phenolic OH excluding ortho intramolecular Hbond substituents is 1. The van der Waals surface area contributed by atoms with E-state index in [1.807, 2.05) is 0 Å². The van der Waals surface area contributed by atoms with Gasteiger partial charge in [-0.05, 0) is 110 Å². The molecule has 4 aromatic rings. The Labute approximate surface area is 253 Å². The van der Waals surface area contributed by atoms with Gasteiger partial charge in [0.15, 0.2) is 0 Å². The molecule has 0 fully saturated rings. The van der Waals surface area contributed by atoms with Gasteiger partial charge in [-0.1, -0.05) is 0 Å². The number of hydrogen-bond acceptors (Lipinski definition) is 8. The van der Waals surface area contributed by atoms with Crippen LogP contribution < -0.4 is 18.9 Å². The van der Waals surface area contributed by atoms with E-state index >= 15 is 0 Å². The highest BCUT2D eigenvalue weighted by atomic mass is 19.4. The number of ether oxygens (including phenoxy) is 3. The summed E-state index contributed by atoms with van der Waals surface area (Å²) >= 11 is 0. The van der Waals surface area contributed by atoms with Crippen LogP contribution >= 0.6 is 0 Å². The van der Waals surface area contributed by atoms with E-state index in [1.54, 1.807) is 36.4 Å². The molecule has 0 saturated heterocycles. The third-order valence-electron chi connectivity index (χ3n) is 5.21. The molecule has 0 amide bonds. The van der Waals surface area contributed by atoms with Crippen molar-refractivity contribution in [2.24, 2.45) is 0 Å². The van der Waals surface area contributed by atoms with Crippen molar-refractivity contribution in [3.05, 3.63) is 107 Å². The molecule has 2 N–H and O–H groups in total. The Balaban J connectivity index is 0.000000256. The van der Waals surface area contributed by atoms with Gasteiger partial charge in [-0.15, -0.1) is 26.3 Å². The van der Waals surface area contributed by atoms with Crippen LogP contribution in [0.5, 0.6) is 34.5 Å². The zero-order valence-electron chi connectivity index (χ0n) is 23.4. The van der Waals surface area contributed by atoms with Crippen LogP contribution in [0.2, 0.25) is 0 Å². The van der Waals surface area contributed by atoms with Crippen molar-refractivity contribution < 1.29 is 64.9 Å². The van der Waals surface area contributed by atoms with E-state index in [4.69, 9.17) is 14.9 Å². The largest absolute Gasteiger partial charge is 0.573 e. The molecule has 0 aliphatic heterocycles. The van der Waals surface area contributed by atoms with Crippen LogP contribution in [0.4, 0.5) is 26.3 Å². The molecule has 4 rings (SSSR count). The zero-order valence-corrected chi connectivity index (χ0v) is 23.4. The molecule has 0 bridgehead atoms. The number of carbonyl (C=O) groups is 2. The number of hydrogen-bond donors (Lipinski definition) is 2. The predicted octanol–water partition coefficient (Wildman–Crippen LogP) is 7.50. The highest BCUT2D eigenvalue weighted by molar-refractivity contribution is 6.17. The molecule has 4 aromatic carbocycles. The van der Waals surface area contributed by atoms with Crippen LogP contribution in [-0.4, -0.2) is 43.1 Å². The lowest BCUT2D eigenvalue weighted by atomic mass is 10.2. The van der Waals surface area contributed by atoms with Gasteiger partial charge in [0.05, 0.1) is 0 Å². The van der Waals surface area contributed by atoms with Crippen molar-refractivity contribution in [2.45, 2.75) is 26.6 Å². The van der Waals surface area contributed by atoms with Gasteiger partial charge in [-0.25, -0.2) is 0 Å². The standard InChI is InChI=1S/C15H11F3O3.C8H7BF3O3.C7H6O2/c1-10-8-13(6-7-14(10)21-15(16,17)18)20-12-4-2-11(9-19)3-5-12;1-5-4-6(15-9-13)2-3-7(5)14-8(10,11)12;8-5-6-1-3-7(9)4-2-6/h2-9H,1H3;2-4,13H,1H3;1-5,9H. The number of halogens is 6. The van der Waals surface area contributed by atoms with Crippen LogP contribution in [0, 0.1) is 13.8 Å². The van der Waals surface area contributed by atoms with Crippen LogP contribution in [0.25, 0.3) is 0 Å². The molecule has 45 heavy (non-hydrogen) atoms. The molecule has 237 valence electrons. The summed E-state index contributed by atoms with van der Waals surface area (Å²) in [4.78, 5) is 20.6. The Morgan fingerprint density at radius 2 is 1.02 bits per heavy atom. The topological polar surface area (TPSA) is 112 Å². The predicted molar refractivity (Wildman–Crippen MR) is 150 cm³/mol. The van der Waals surface area contributed by atoms with Gasteiger partial charge < -0.3 is 29.0 Å². The van der Waals surface area contributed by atoms with Crippen LogP contribution in [-0.2, 0) is 0 Å². The number of phenols is 1. The number of aryl methyl sites for hydroxylation is 2. The second-order valence-corrected chi connectivity index (χ2v) is 8.67. The van der Waals surface area contributed by atoms with Crippen LogP contribution in [0.1, 0.15) is 31.8 Å². The molecule has 0 saturated carbocycles. The highest BCUT2D eigenvalue weighted by Crippen LogP contribution is 2.31. The lowest BCUT2D eigenvalue weighted by Crippen LogP contribution is -2.17. The highest BCUT2D eigenvalue weighted by Gasteiger charge is 2.32. The van der Waals surface area contributed by atoms with E-state index in [2.05, 4.69) is 14.1 Å². The Kier molecular flexibility index (Phi) is 13.3. The third kappa shape index (κ3) is 13.8. The van der Waals surface area contributed by atoms with E-state index < -0.39 is 12.7 Å². The van der Waals surface area contributed by atoms with Crippen molar-refractivity contribution in [2.75, 3.05) is 0 Å². The summed E-state index contributed by atoms with van der Waals surface area (Å²) in [7, 11) is 0.444. The fourth-order valence-electron chi connectivity index (χ4n) is 3.22. The molecule has 0 unspecified atom stereocenters. The lowest BCUT2D eigenvalue weighted by molar-refractivity contribution is -0.275. The molecule has 0 atom stereocenters. The quantitative estimate of drug-likeness (QED) is 0.116. The molecule has 15 heteroatoms. The normalized spacial score (nSPS) is 10.6. The van der Waals surface area contributed by atoms with E-state index in [9.17, 15) is 35.9 Å². The summed E-state index contributed by atoms with van der Waals surface area (Å²) in [5.41, 5.74) is 1.64. The number of aldehydes is 2. The number of carbonyl (C=O) groups excluding carboxylic acids is 2. The fourth-order valence-corrected chi connectivity index (χ4v) is 3.22. The first-order chi connectivity index (χ1) is 21.1. The Hall–Kier alpha value is -5.18. The monoisotopic (exact) mass is 637 g/mol. The molecule has 1 radical (unpaired) electrons. The van der Waals surface area contributed by atoms with Crippen LogP contribution in [0.3, 0.4) is 0 Å². The molecule has 0 aliphatic carbocycles. The maximum atomic E-state index is 12.2. The van der Waals surface area contributed by atoms with Crippen molar-refractivity contribution in [3.8, 4) is 34.5 Å². The Morgan fingerprint density at radius 3 is 1.42 bits per heavy atom. The number of alkyl halides is 6. The molecule has 0 aliphatic rings. The van der Waals surface area contributed by atoms with Crippen molar-refractivity contribution in [1.82, 2.24) is 0 Å². The first kappa shape index (κ1) is 36.0.